The van der Waals surface area contributed by atoms with Gasteiger partial charge in [-0.25, -0.2) is 9.18 Å². The van der Waals surface area contributed by atoms with Gasteiger partial charge in [0.2, 0.25) is 0 Å². The molecule has 0 amide bonds. The lowest BCUT2D eigenvalue weighted by Gasteiger charge is -2.19. The molecule has 0 saturated heterocycles. The predicted molar refractivity (Wildman–Crippen MR) is 53.9 cm³/mol. The summed E-state index contributed by atoms with van der Waals surface area (Å²) in [4.78, 5) is 10.7. The summed E-state index contributed by atoms with van der Waals surface area (Å²) < 4.78 is 54.3. The number of hydrogen-bond donors (Lipinski definition) is 2. The highest BCUT2D eigenvalue weighted by Crippen LogP contribution is 2.30. The summed E-state index contributed by atoms with van der Waals surface area (Å²) in [6, 6.07) is 1.22. The Morgan fingerprint density at radius 2 is 2.00 bits per heavy atom. The first kappa shape index (κ1) is 14.1. The maximum atomic E-state index is 13.0. The van der Waals surface area contributed by atoms with Gasteiger partial charge in [-0.1, -0.05) is 0 Å². The van der Waals surface area contributed by atoms with Crippen molar-refractivity contribution in [1.82, 2.24) is 0 Å². The number of alkyl halides is 3. The maximum absolute atomic E-state index is 13.0. The molecule has 0 spiro atoms. The quantitative estimate of drug-likeness (QED) is 0.651. The molecule has 0 fully saturated rings. The molecule has 1 aromatic rings. The number of nitrogen functional groups attached to an aromatic ring is 1. The molecule has 0 saturated carbocycles. The van der Waals surface area contributed by atoms with Crippen molar-refractivity contribution in [2.75, 3.05) is 5.73 Å². The van der Waals surface area contributed by atoms with E-state index in [4.69, 9.17) is 10.8 Å². The van der Waals surface area contributed by atoms with E-state index in [9.17, 15) is 22.4 Å². The number of ether oxygens (including phenoxy) is 1. The summed E-state index contributed by atoms with van der Waals surface area (Å²) in [5.74, 6) is -3.29. The average Bonchev–Trinajstić information content (AvgIpc) is 2.21. The molecule has 100 valence electrons. The molecule has 1 atom stereocenters. The lowest BCUT2D eigenvalue weighted by atomic mass is 10.1. The van der Waals surface area contributed by atoms with Gasteiger partial charge < -0.3 is 15.6 Å². The number of aromatic carboxylic acids is 1. The third-order valence-electron chi connectivity index (χ3n) is 2.09. The van der Waals surface area contributed by atoms with Crippen LogP contribution in [-0.2, 0) is 0 Å². The summed E-state index contributed by atoms with van der Waals surface area (Å²) in [5, 5.41) is 8.73. The molecule has 0 heterocycles. The fourth-order valence-corrected chi connectivity index (χ4v) is 1.09. The SMILES string of the molecule is C[C@H](Oc1cc(N)c(F)cc1C(=O)O)C(F)(F)F. The van der Waals surface area contributed by atoms with Gasteiger partial charge in [0.25, 0.3) is 0 Å². The minimum atomic E-state index is -4.67. The van der Waals surface area contributed by atoms with Crippen molar-refractivity contribution in [2.24, 2.45) is 0 Å². The summed E-state index contributed by atoms with van der Waals surface area (Å²) in [6.07, 6.45) is -6.90. The van der Waals surface area contributed by atoms with Crippen molar-refractivity contribution < 1.29 is 32.2 Å². The fraction of sp³-hybridized carbons (Fsp3) is 0.300. The lowest BCUT2D eigenvalue weighted by Crippen LogP contribution is -2.31. The largest absolute Gasteiger partial charge is 0.480 e. The zero-order valence-electron chi connectivity index (χ0n) is 9.08. The van der Waals surface area contributed by atoms with Gasteiger partial charge in [0.15, 0.2) is 6.10 Å². The van der Waals surface area contributed by atoms with Crippen LogP contribution in [0.3, 0.4) is 0 Å². The van der Waals surface area contributed by atoms with Crippen LogP contribution in [0.5, 0.6) is 5.75 Å². The highest BCUT2D eigenvalue weighted by Gasteiger charge is 2.38. The van der Waals surface area contributed by atoms with Crippen molar-refractivity contribution in [3.63, 3.8) is 0 Å². The van der Waals surface area contributed by atoms with Crippen molar-refractivity contribution >= 4 is 11.7 Å². The first-order valence-corrected chi connectivity index (χ1v) is 4.68. The van der Waals surface area contributed by atoms with Crippen LogP contribution in [0.2, 0.25) is 0 Å². The van der Waals surface area contributed by atoms with Crippen LogP contribution in [0.1, 0.15) is 17.3 Å². The lowest BCUT2D eigenvalue weighted by molar-refractivity contribution is -0.189. The van der Waals surface area contributed by atoms with E-state index in [1.165, 1.54) is 0 Å². The number of nitrogens with two attached hydrogens (primary N) is 1. The van der Waals surface area contributed by atoms with Crippen LogP contribution in [0.25, 0.3) is 0 Å². The second kappa shape index (κ2) is 4.71. The number of halogens is 4. The summed E-state index contributed by atoms with van der Waals surface area (Å²) in [7, 11) is 0. The Kier molecular flexibility index (Phi) is 3.68. The van der Waals surface area contributed by atoms with Crippen LogP contribution in [0.4, 0.5) is 23.2 Å². The Hall–Kier alpha value is -1.99. The second-order valence-corrected chi connectivity index (χ2v) is 3.48. The molecule has 0 radical (unpaired) electrons. The van der Waals surface area contributed by atoms with Crippen LogP contribution >= 0.6 is 0 Å². The molecule has 1 aromatic carbocycles. The van der Waals surface area contributed by atoms with Crippen LogP contribution in [-0.4, -0.2) is 23.4 Å². The first-order chi connectivity index (χ1) is 8.12. The molecule has 3 N–H and O–H groups in total. The molecule has 0 bridgehead atoms. The van der Waals surface area contributed by atoms with Gasteiger partial charge in [0, 0.05) is 6.07 Å². The molecule has 1 rings (SSSR count). The third kappa shape index (κ3) is 3.02. The number of anilines is 1. The highest BCUT2D eigenvalue weighted by molar-refractivity contribution is 5.91. The highest BCUT2D eigenvalue weighted by atomic mass is 19.4. The number of hydrogen-bond acceptors (Lipinski definition) is 3. The standard InChI is InChI=1S/C10H9F4NO3/c1-4(10(12,13)14)18-8-3-7(15)6(11)2-5(8)9(16)17/h2-4H,15H2,1H3,(H,16,17)/t4-/m0/s1. The molecule has 4 nitrogen and oxygen atoms in total. The van der Waals surface area contributed by atoms with E-state index in [-0.39, 0.29) is 0 Å². The molecular formula is C10H9F4NO3. The van der Waals surface area contributed by atoms with Crippen LogP contribution < -0.4 is 10.5 Å². The Balaban J connectivity index is 3.15. The smallest absolute Gasteiger partial charge is 0.425 e. The van der Waals surface area contributed by atoms with Crippen LogP contribution in [0.15, 0.2) is 12.1 Å². The zero-order chi connectivity index (χ0) is 14.1. The summed E-state index contributed by atoms with van der Waals surface area (Å²) >= 11 is 0. The summed E-state index contributed by atoms with van der Waals surface area (Å²) in [5.41, 5.74) is 3.93. The third-order valence-corrected chi connectivity index (χ3v) is 2.09. The van der Waals surface area contributed by atoms with E-state index < -0.39 is 41.1 Å². The zero-order valence-corrected chi connectivity index (χ0v) is 9.08. The van der Waals surface area contributed by atoms with Gasteiger partial charge >= 0.3 is 12.1 Å². The predicted octanol–water partition coefficient (Wildman–Crippen LogP) is 2.44. The van der Waals surface area contributed by atoms with Gasteiger partial charge in [0.05, 0.1) is 5.69 Å². The molecule has 0 aliphatic heterocycles. The summed E-state index contributed by atoms with van der Waals surface area (Å²) in [6.45, 7) is 0.700. The normalized spacial score (nSPS) is 13.2. The molecule has 18 heavy (non-hydrogen) atoms. The number of rotatable bonds is 3. The molecule has 8 heteroatoms. The van der Waals surface area contributed by atoms with Gasteiger partial charge in [-0.2, -0.15) is 13.2 Å². The Morgan fingerprint density at radius 3 is 2.44 bits per heavy atom. The van der Waals surface area contributed by atoms with Crippen molar-refractivity contribution in [3.05, 3.63) is 23.5 Å². The van der Waals surface area contributed by atoms with E-state index >= 15 is 0 Å². The average molecular weight is 267 g/mol. The monoisotopic (exact) mass is 267 g/mol. The molecule has 0 aromatic heterocycles. The van der Waals surface area contributed by atoms with E-state index in [0.717, 1.165) is 0 Å². The first-order valence-electron chi connectivity index (χ1n) is 4.68. The Bertz CT molecular complexity index is 473. The van der Waals surface area contributed by atoms with Crippen LogP contribution in [0, 0.1) is 5.82 Å². The van der Waals surface area contributed by atoms with E-state index in [1.807, 2.05) is 0 Å². The number of carboxylic acid groups (broad SMARTS) is 1. The number of carboxylic acids is 1. The number of carbonyl (C=O) groups is 1. The molecule has 0 aliphatic carbocycles. The van der Waals surface area contributed by atoms with Gasteiger partial charge in [-0.05, 0) is 13.0 Å². The maximum Gasteiger partial charge on any atom is 0.425 e. The number of benzene rings is 1. The minimum Gasteiger partial charge on any atom is -0.480 e. The van der Waals surface area contributed by atoms with Gasteiger partial charge in [0.1, 0.15) is 17.1 Å². The molecule has 0 unspecified atom stereocenters. The topological polar surface area (TPSA) is 72.5 Å². The van der Waals surface area contributed by atoms with E-state index in [2.05, 4.69) is 4.74 Å². The van der Waals surface area contributed by atoms with Crippen molar-refractivity contribution in [3.8, 4) is 5.75 Å². The molecule has 0 aliphatic rings. The van der Waals surface area contributed by atoms with Crippen molar-refractivity contribution in [1.29, 1.82) is 0 Å². The molecular weight excluding hydrogens is 258 g/mol. The van der Waals surface area contributed by atoms with Gasteiger partial charge in [-0.15, -0.1) is 0 Å². The van der Waals surface area contributed by atoms with Gasteiger partial charge in [-0.3, -0.25) is 0 Å². The Morgan fingerprint density at radius 1 is 1.44 bits per heavy atom. The second-order valence-electron chi connectivity index (χ2n) is 3.48. The van der Waals surface area contributed by atoms with Crippen molar-refractivity contribution in [2.45, 2.75) is 19.2 Å². The van der Waals surface area contributed by atoms with E-state index in [0.29, 0.717) is 19.1 Å². The Labute approximate surface area is 99.0 Å². The minimum absolute atomic E-state index is 0.496. The van der Waals surface area contributed by atoms with E-state index in [1.54, 1.807) is 0 Å². The fourth-order valence-electron chi connectivity index (χ4n) is 1.09.